The number of nitrogens with zero attached hydrogens (tertiary/aromatic N) is 1. The van der Waals surface area contributed by atoms with Crippen molar-refractivity contribution in [3.8, 4) is 0 Å². The highest BCUT2D eigenvalue weighted by atomic mass is 127. The molecule has 17 heavy (non-hydrogen) atoms. The Bertz CT molecular complexity index is 295. The normalized spacial score (nSPS) is 21.7. The van der Waals surface area contributed by atoms with Crippen LogP contribution in [0.15, 0.2) is 17.1 Å². The van der Waals surface area contributed by atoms with Crippen LogP contribution in [0.5, 0.6) is 0 Å². The van der Waals surface area contributed by atoms with E-state index in [0.717, 1.165) is 31.2 Å². The number of hydrogen-bond acceptors (Lipinski definition) is 3. The lowest BCUT2D eigenvalue weighted by Gasteiger charge is -2.42. The van der Waals surface area contributed by atoms with Crippen LogP contribution in [0.4, 0.5) is 0 Å². The van der Waals surface area contributed by atoms with Gasteiger partial charge in [-0.25, -0.2) is 4.99 Å². The minimum Gasteiger partial charge on any atom is -0.356 e. The summed E-state index contributed by atoms with van der Waals surface area (Å²) >= 11 is 0. The van der Waals surface area contributed by atoms with E-state index in [4.69, 9.17) is 0 Å². The number of rotatable bonds is 4. The number of nitrogens with one attached hydrogen (secondary N) is 2. The standard InChI is InChI=1S/C13H23N3.HI/c1-3-5-13(6-4-7-13)10-16-12-14-8-11(2)9-15-12;/h2-10H2,1H3,(H2,14,15,16);1H. The van der Waals surface area contributed by atoms with E-state index in [2.05, 4.69) is 29.1 Å². The van der Waals surface area contributed by atoms with Crippen molar-refractivity contribution in [3.05, 3.63) is 12.2 Å². The van der Waals surface area contributed by atoms with Crippen molar-refractivity contribution >= 4 is 29.9 Å². The Balaban J connectivity index is 0.00000144. The minimum atomic E-state index is 0. The quantitative estimate of drug-likeness (QED) is 0.605. The molecule has 2 aliphatic rings. The van der Waals surface area contributed by atoms with Crippen LogP contribution in [0, 0.1) is 5.41 Å². The van der Waals surface area contributed by atoms with Crippen LogP contribution in [0.3, 0.4) is 0 Å². The molecule has 0 saturated heterocycles. The topological polar surface area (TPSA) is 36.4 Å². The van der Waals surface area contributed by atoms with Gasteiger partial charge in [-0.3, -0.25) is 0 Å². The van der Waals surface area contributed by atoms with Gasteiger partial charge in [-0.2, -0.15) is 0 Å². The molecule has 1 aliphatic carbocycles. The van der Waals surface area contributed by atoms with Gasteiger partial charge >= 0.3 is 0 Å². The van der Waals surface area contributed by atoms with E-state index < -0.39 is 0 Å². The van der Waals surface area contributed by atoms with Crippen molar-refractivity contribution < 1.29 is 0 Å². The molecule has 2 N–H and O–H groups in total. The summed E-state index contributed by atoms with van der Waals surface area (Å²) in [6, 6.07) is 0. The number of halogens is 1. The van der Waals surface area contributed by atoms with E-state index in [1.54, 1.807) is 0 Å². The summed E-state index contributed by atoms with van der Waals surface area (Å²) in [7, 11) is 0. The highest BCUT2D eigenvalue weighted by Crippen LogP contribution is 2.44. The Morgan fingerprint density at radius 2 is 2.24 bits per heavy atom. The number of aliphatic imine (C=N–C) groups is 1. The van der Waals surface area contributed by atoms with Crippen LogP contribution in [0.25, 0.3) is 0 Å². The lowest BCUT2D eigenvalue weighted by Crippen LogP contribution is -2.48. The van der Waals surface area contributed by atoms with Crippen LogP contribution in [0.2, 0.25) is 0 Å². The first-order valence-corrected chi connectivity index (χ1v) is 6.43. The summed E-state index contributed by atoms with van der Waals surface area (Å²) in [5.74, 6) is 0.967. The first kappa shape index (κ1) is 14.8. The van der Waals surface area contributed by atoms with Gasteiger partial charge in [0, 0.05) is 13.1 Å². The molecule has 0 unspecified atom stereocenters. The predicted octanol–water partition coefficient (Wildman–Crippen LogP) is 2.68. The molecule has 0 radical (unpaired) electrons. The fraction of sp³-hybridized carbons (Fsp3) is 0.769. The Hall–Kier alpha value is -0.260. The van der Waals surface area contributed by atoms with Crippen molar-refractivity contribution in [1.82, 2.24) is 10.6 Å². The second-order valence-corrected chi connectivity index (χ2v) is 5.23. The Morgan fingerprint density at radius 1 is 1.47 bits per heavy atom. The average Bonchev–Trinajstić information content (AvgIpc) is 2.24. The molecule has 1 saturated carbocycles. The third-order valence-corrected chi connectivity index (χ3v) is 3.79. The zero-order valence-corrected chi connectivity index (χ0v) is 13.0. The smallest absolute Gasteiger partial charge is 0.191 e. The summed E-state index contributed by atoms with van der Waals surface area (Å²) in [6.07, 6.45) is 6.80. The van der Waals surface area contributed by atoms with Crippen LogP contribution >= 0.6 is 24.0 Å². The van der Waals surface area contributed by atoms with Crippen molar-refractivity contribution in [2.24, 2.45) is 10.4 Å². The molecule has 0 aromatic heterocycles. The molecule has 98 valence electrons. The van der Waals surface area contributed by atoms with Gasteiger partial charge in [0.2, 0.25) is 0 Å². The molecule has 0 aromatic carbocycles. The molecule has 0 spiro atoms. The molecule has 2 rings (SSSR count). The van der Waals surface area contributed by atoms with Crippen molar-refractivity contribution in [3.63, 3.8) is 0 Å². The summed E-state index contributed by atoms with van der Waals surface area (Å²) in [4.78, 5) is 4.43. The second-order valence-electron chi connectivity index (χ2n) is 5.23. The van der Waals surface area contributed by atoms with Crippen molar-refractivity contribution in [2.75, 3.05) is 19.6 Å². The first-order valence-electron chi connectivity index (χ1n) is 6.43. The molecule has 0 amide bonds. The third kappa shape index (κ3) is 3.86. The highest BCUT2D eigenvalue weighted by molar-refractivity contribution is 14.0. The van der Waals surface area contributed by atoms with Crippen molar-refractivity contribution in [1.29, 1.82) is 0 Å². The largest absolute Gasteiger partial charge is 0.356 e. The highest BCUT2D eigenvalue weighted by Gasteiger charge is 2.35. The van der Waals surface area contributed by atoms with Gasteiger partial charge in [-0.05, 0) is 30.3 Å². The summed E-state index contributed by atoms with van der Waals surface area (Å²) < 4.78 is 0. The first-order chi connectivity index (χ1) is 7.74. The number of hydrogen-bond donors (Lipinski definition) is 2. The van der Waals surface area contributed by atoms with Gasteiger partial charge in [0.05, 0.1) is 6.54 Å². The van der Waals surface area contributed by atoms with Gasteiger partial charge in [0.25, 0.3) is 0 Å². The molecular formula is C13H24IN3. The van der Waals surface area contributed by atoms with Gasteiger partial charge in [-0.15, -0.1) is 24.0 Å². The van der Waals surface area contributed by atoms with Gasteiger partial charge in [0.1, 0.15) is 0 Å². The van der Waals surface area contributed by atoms with Crippen molar-refractivity contribution in [2.45, 2.75) is 39.0 Å². The summed E-state index contributed by atoms with van der Waals surface area (Å²) in [5, 5.41) is 6.74. The Kier molecular flexibility index (Phi) is 5.76. The van der Waals surface area contributed by atoms with Crippen LogP contribution in [0.1, 0.15) is 39.0 Å². The third-order valence-electron chi connectivity index (χ3n) is 3.79. The van der Waals surface area contributed by atoms with Gasteiger partial charge in [0.15, 0.2) is 5.96 Å². The maximum Gasteiger partial charge on any atom is 0.191 e. The average molecular weight is 349 g/mol. The SMILES string of the molecule is C=C1CN=C(NCC2(CCC)CCC2)NC1.I. The molecule has 0 bridgehead atoms. The number of guanidine groups is 1. The van der Waals surface area contributed by atoms with E-state index >= 15 is 0 Å². The Morgan fingerprint density at radius 3 is 2.71 bits per heavy atom. The molecule has 0 atom stereocenters. The zero-order valence-electron chi connectivity index (χ0n) is 10.7. The monoisotopic (exact) mass is 349 g/mol. The van der Waals surface area contributed by atoms with E-state index in [9.17, 15) is 0 Å². The molecule has 1 fully saturated rings. The molecule has 3 nitrogen and oxygen atoms in total. The molecule has 4 heteroatoms. The molecule has 1 aliphatic heterocycles. The van der Waals surface area contributed by atoms with Crippen LogP contribution in [-0.4, -0.2) is 25.6 Å². The summed E-state index contributed by atoms with van der Waals surface area (Å²) in [5.41, 5.74) is 1.73. The van der Waals surface area contributed by atoms with E-state index in [1.165, 1.54) is 32.1 Å². The van der Waals surface area contributed by atoms with E-state index in [1.807, 2.05) is 0 Å². The van der Waals surface area contributed by atoms with E-state index in [0.29, 0.717) is 5.41 Å². The fourth-order valence-electron chi connectivity index (χ4n) is 2.62. The maximum atomic E-state index is 4.43. The predicted molar refractivity (Wildman–Crippen MR) is 84.1 cm³/mol. The molecule has 0 aromatic rings. The van der Waals surface area contributed by atoms with Gasteiger partial charge < -0.3 is 10.6 Å². The van der Waals surface area contributed by atoms with E-state index in [-0.39, 0.29) is 24.0 Å². The minimum absolute atomic E-state index is 0. The summed E-state index contributed by atoms with van der Waals surface area (Å²) in [6.45, 7) is 8.92. The lowest BCUT2D eigenvalue weighted by atomic mass is 9.66. The lowest BCUT2D eigenvalue weighted by molar-refractivity contribution is 0.122. The molecular weight excluding hydrogens is 325 g/mol. The fourth-order valence-corrected chi connectivity index (χ4v) is 2.62. The molecule has 1 heterocycles. The van der Waals surface area contributed by atoms with Crippen LogP contribution in [-0.2, 0) is 0 Å². The zero-order chi connectivity index (χ0) is 11.4. The Labute approximate surface area is 122 Å². The van der Waals surface area contributed by atoms with Crippen LogP contribution < -0.4 is 10.6 Å². The second kappa shape index (κ2) is 6.61. The maximum absolute atomic E-state index is 4.43. The van der Waals surface area contributed by atoms with Gasteiger partial charge in [-0.1, -0.05) is 26.3 Å².